The summed E-state index contributed by atoms with van der Waals surface area (Å²) in [5.41, 5.74) is 0.0378. The molecule has 0 saturated carbocycles. The second kappa shape index (κ2) is 6.06. The molecule has 4 heteroatoms. The molecule has 0 spiro atoms. The van der Waals surface area contributed by atoms with Crippen molar-refractivity contribution in [3.63, 3.8) is 0 Å². The highest BCUT2D eigenvalue weighted by atomic mass is 16.4. The zero-order valence-corrected chi connectivity index (χ0v) is 12.7. The minimum Gasteiger partial charge on any atom is -0.444 e. The van der Waals surface area contributed by atoms with Gasteiger partial charge in [0.15, 0.2) is 0 Å². The quantitative estimate of drug-likeness (QED) is 0.912. The molecular weight excluding hydrogens is 238 g/mol. The molecule has 19 heavy (non-hydrogen) atoms. The maximum atomic E-state index is 5.87. The van der Waals surface area contributed by atoms with Gasteiger partial charge in [0.2, 0.25) is 5.89 Å². The number of aromatic nitrogens is 1. The van der Waals surface area contributed by atoms with E-state index < -0.39 is 0 Å². The van der Waals surface area contributed by atoms with E-state index in [0.29, 0.717) is 6.04 Å². The van der Waals surface area contributed by atoms with Gasteiger partial charge in [-0.2, -0.15) is 0 Å². The Morgan fingerprint density at radius 2 is 2.16 bits per heavy atom. The van der Waals surface area contributed by atoms with Crippen molar-refractivity contribution in [3.8, 4) is 0 Å². The lowest BCUT2D eigenvalue weighted by molar-refractivity contribution is 0.194. The molecule has 1 saturated heterocycles. The van der Waals surface area contributed by atoms with Gasteiger partial charge in [-0.3, -0.25) is 4.90 Å². The number of oxazole rings is 1. The molecule has 1 fully saturated rings. The van der Waals surface area contributed by atoms with Gasteiger partial charge in [-0.05, 0) is 39.4 Å². The van der Waals surface area contributed by atoms with E-state index in [-0.39, 0.29) is 5.41 Å². The Morgan fingerprint density at radius 3 is 2.84 bits per heavy atom. The zero-order valence-electron chi connectivity index (χ0n) is 12.7. The van der Waals surface area contributed by atoms with Crippen LogP contribution >= 0.6 is 0 Å². The minimum absolute atomic E-state index is 0.0378. The predicted octanol–water partition coefficient (Wildman–Crippen LogP) is 2.55. The summed E-state index contributed by atoms with van der Waals surface area (Å²) in [6.45, 7) is 9.53. The molecule has 1 N–H and O–H groups in total. The molecule has 0 aliphatic carbocycles. The number of rotatable bonds is 3. The van der Waals surface area contributed by atoms with Crippen molar-refractivity contribution in [3.05, 3.63) is 17.8 Å². The summed E-state index contributed by atoms with van der Waals surface area (Å²) < 4.78 is 5.87. The molecule has 1 aliphatic heterocycles. The lowest BCUT2D eigenvalue weighted by Crippen LogP contribution is -2.32. The molecule has 1 atom stereocenters. The first-order chi connectivity index (χ1) is 8.97. The van der Waals surface area contributed by atoms with Crippen LogP contribution in [0.5, 0.6) is 0 Å². The van der Waals surface area contributed by atoms with E-state index in [0.717, 1.165) is 31.3 Å². The average molecular weight is 265 g/mol. The van der Waals surface area contributed by atoms with Crippen molar-refractivity contribution in [2.75, 3.05) is 20.1 Å². The van der Waals surface area contributed by atoms with Gasteiger partial charge in [0.1, 0.15) is 5.76 Å². The van der Waals surface area contributed by atoms with Gasteiger partial charge in [0.05, 0.1) is 12.7 Å². The molecular formula is C15H27N3O. The number of nitrogens with one attached hydrogen (secondary N) is 1. The van der Waals surface area contributed by atoms with Crippen LogP contribution in [-0.2, 0) is 12.0 Å². The SMILES string of the molecule is CN(Cc1ncc(C(C)(C)C)o1)C1CCCNCC1. The van der Waals surface area contributed by atoms with Crippen LogP contribution in [0.15, 0.2) is 10.6 Å². The van der Waals surface area contributed by atoms with E-state index in [2.05, 4.69) is 43.0 Å². The van der Waals surface area contributed by atoms with Crippen molar-refractivity contribution >= 4 is 0 Å². The maximum Gasteiger partial charge on any atom is 0.208 e. The highest BCUT2D eigenvalue weighted by Crippen LogP contribution is 2.23. The first-order valence-corrected chi connectivity index (χ1v) is 7.33. The van der Waals surface area contributed by atoms with Crippen molar-refractivity contribution in [2.45, 2.75) is 58.0 Å². The molecule has 1 unspecified atom stereocenters. The Hall–Kier alpha value is -0.870. The second-order valence-electron chi connectivity index (χ2n) is 6.62. The van der Waals surface area contributed by atoms with Gasteiger partial charge in [0, 0.05) is 11.5 Å². The van der Waals surface area contributed by atoms with E-state index >= 15 is 0 Å². The van der Waals surface area contributed by atoms with Crippen LogP contribution in [0.25, 0.3) is 0 Å². The lowest BCUT2D eigenvalue weighted by atomic mass is 9.94. The lowest BCUT2D eigenvalue weighted by Gasteiger charge is -2.25. The van der Waals surface area contributed by atoms with E-state index in [9.17, 15) is 0 Å². The summed E-state index contributed by atoms with van der Waals surface area (Å²) in [6, 6.07) is 0.639. The molecule has 4 nitrogen and oxygen atoms in total. The van der Waals surface area contributed by atoms with Crippen LogP contribution in [0.3, 0.4) is 0 Å². The van der Waals surface area contributed by atoms with Crippen molar-refractivity contribution < 1.29 is 4.42 Å². The predicted molar refractivity (Wildman–Crippen MR) is 77.2 cm³/mol. The van der Waals surface area contributed by atoms with Gasteiger partial charge in [-0.25, -0.2) is 4.98 Å². The number of hydrogen-bond donors (Lipinski definition) is 1. The fourth-order valence-electron chi connectivity index (χ4n) is 2.51. The summed E-state index contributed by atoms with van der Waals surface area (Å²) in [6.07, 6.45) is 5.60. The normalized spacial score (nSPS) is 21.6. The molecule has 0 radical (unpaired) electrons. The zero-order chi connectivity index (χ0) is 13.9. The standard InChI is InChI=1S/C15H27N3O/c1-15(2,3)13-10-17-14(19-13)11-18(4)12-6-5-8-16-9-7-12/h10,12,16H,5-9,11H2,1-4H3. The van der Waals surface area contributed by atoms with Crippen LogP contribution in [0.1, 0.15) is 51.7 Å². The smallest absolute Gasteiger partial charge is 0.208 e. The Labute approximate surface area is 116 Å². The van der Waals surface area contributed by atoms with E-state index in [1.807, 2.05) is 6.20 Å². The van der Waals surface area contributed by atoms with Gasteiger partial charge in [-0.1, -0.05) is 20.8 Å². The third-order valence-corrected chi connectivity index (χ3v) is 3.85. The fourth-order valence-corrected chi connectivity index (χ4v) is 2.51. The Morgan fingerprint density at radius 1 is 1.37 bits per heavy atom. The first-order valence-electron chi connectivity index (χ1n) is 7.33. The molecule has 0 bridgehead atoms. The van der Waals surface area contributed by atoms with Crippen LogP contribution in [0.2, 0.25) is 0 Å². The fraction of sp³-hybridized carbons (Fsp3) is 0.800. The maximum absolute atomic E-state index is 5.87. The molecule has 0 aromatic carbocycles. The summed E-state index contributed by atoms with van der Waals surface area (Å²) >= 11 is 0. The topological polar surface area (TPSA) is 41.3 Å². The van der Waals surface area contributed by atoms with E-state index in [1.54, 1.807) is 0 Å². The number of nitrogens with zero attached hydrogens (tertiary/aromatic N) is 2. The second-order valence-corrected chi connectivity index (χ2v) is 6.62. The van der Waals surface area contributed by atoms with Crippen LogP contribution < -0.4 is 5.32 Å². The van der Waals surface area contributed by atoms with Crippen LogP contribution in [-0.4, -0.2) is 36.1 Å². The molecule has 1 aliphatic rings. The first kappa shape index (κ1) is 14.5. The van der Waals surface area contributed by atoms with Crippen molar-refractivity contribution in [1.82, 2.24) is 15.2 Å². The minimum atomic E-state index is 0.0378. The molecule has 2 heterocycles. The van der Waals surface area contributed by atoms with Gasteiger partial charge >= 0.3 is 0 Å². The summed E-state index contributed by atoms with van der Waals surface area (Å²) in [5, 5.41) is 3.45. The van der Waals surface area contributed by atoms with Crippen LogP contribution in [0.4, 0.5) is 0 Å². The third kappa shape index (κ3) is 4.05. The Bertz CT molecular complexity index is 386. The van der Waals surface area contributed by atoms with E-state index in [4.69, 9.17) is 4.42 Å². The van der Waals surface area contributed by atoms with Crippen LogP contribution in [0, 0.1) is 0 Å². The van der Waals surface area contributed by atoms with Gasteiger partial charge in [0.25, 0.3) is 0 Å². The molecule has 2 rings (SSSR count). The average Bonchev–Trinajstić information content (AvgIpc) is 2.63. The summed E-state index contributed by atoms with van der Waals surface area (Å²) in [7, 11) is 2.18. The Kier molecular flexibility index (Phi) is 4.63. The Balaban J connectivity index is 1.94. The highest BCUT2D eigenvalue weighted by Gasteiger charge is 2.21. The highest BCUT2D eigenvalue weighted by molar-refractivity contribution is 5.06. The van der Waals surface area contributed by atoms with Crippen molar-refractivity contribution in [2.24, 2.45) is 0 Å². The number of hydrogen-bond acceptors (Lipinski definition) is 4. The molecule has 1 aromatic heterocycles. The molecule has 0 amide bonds. The molecule has 108 valence electrons. The monoisotopic (exact) mass is 265 g/mol. The van der Waals surface area contributed by atoms with E-state index in [1.165, 1.54) is 19.3 Å². The van der Waals surface area contributed by atoms with Gasteiger partial charge < -0.3 is 9.73 Å². The van der Waals surface area contributed by atoms with Gasteiger partial charge in [-0.15, -0.1) is 0 Å². The summed E-state index contributed by atoms with van der Waals surface area (Å²) in [4.78, 5) is 6.80. The third-order valence-electron chi connectivity index (χ3n) is 3.85. The van der Waals surface area contributed by atoms with Crippen molar-refractivity contribution in [1.29, 1.82) is 0 Å². The molecule has 1 aromatic rings. The largest absolute Gasteiger partial charge is 0.444 e. The summed E-state index contributed by atoms with van der Waals surface area (Å²) in [5.74, 6) is 1.81.